The lowest BCUT2D eigenvalue weighted by Crippen LogP contribution is -2.30. The van der Waals surface area contributed by atoms with Crippen LogP contribution >= 0.6 is 0 Å². The molecular formula is C54H96O6. The van der Waals surface area contributed by atoms with Gasteiger partial charge in [-0.25, -0.2) is 0 Å². The molecule has 0 fully saturated rings. The summed E-state index contributed by atoms with van der Waals surface area (Å²) in [6.45, 7) is 6.57. The molecule has 6 nitrogen and oxygen atoms in total. The Morgan fingerprint density at radius 3 is 0.950 bits per heavy atom. The summed E-state index contributed by atoms with van der Waals surface area (Å²) in [6.07, 6.45) is 58.0. The van der Waals surface area contributed by atoms with Crippen LogP contribution in [0.2, 0.25) is 0 Å². The van der Waals surface area contributed by atoms with E-state index < -0.39 is 6.10 Å². The van der Waals surface area contributed by atoms with Crippen LogP contribution in [0, 0.1) is 0 Å². The van der Waals surface area contributed by atoms with Gasteiger partial charge in [-0.15, -0.1) is 0 Å². The second kappa shape index (κ2) is 49.0. The van der Waals surface area contributed by atoms with Crippen LogP contribution in [0.1, 0.15) is 258 Å². The summed E-state index contributed by atoms with van der Waals surface area (Å²) in [6, 6.07) is 0. The summed E-state index contributed by atoms with van der Waals surface area (Å²) in [7, 11) is 0. The quantitative estimate of drug-likeness (QED) is 0.0263. The van der Waals surface area contributed by atoms with E-state index in [4.69, 9.17) is 14.2 Å². The largest absolute Gasteiger partial charge is 0.462 e. The number of carbonyl (C=O) groups is 3. The minimum atomic E-state index is -0.782. The Morgan fingerprint density at radius 2 is 0.600 bits per heavy atom. The molecule has 0 unspecified atom stereocenters. The molecule has 6 heteroatoms. The van der Waals surface area contributed by atoms with E-state index in [-0.39, 0.29) is 31.1 Å². The SMILES string of the molecule is CCCCC/C=C\C/C=C\CCCCCCCC(=O)OC[C@@H](COC(=O)CCCCCCCCCCCCCC)OC(=O)CCCCCCC/C=C\C/C=C\CCCCC. The monoisotopic (exact) mass is 841 g/mol. The summed E-state index contributed by atoms with van der Waals surface area (Å²) in [5.41, 5.74) is 0. The fourth-order valence-electron chi connectivity index (χ4n) is 7.15. The van der Waals surface area contributed by atoms with Gasteiger partial charge in [0.15, 0.2) is 6.10 Å². The predicted molar refractivity (Wildman–Crippen MR) is 256 cm³/mol. The molecule has 0 spiro atoms. The Kier molecular flexibility index (Phi) is 46.9. The molecule has 0 rings (SSSR count). The first-order chi connectivity index (χ1) is 29.5. The zero-order chi connectivity index (χ0) is 43.7. The van der Waals surface area contributed by atoms with Crippen molar-refractivity contribution >= 4 is 17.9 Å². The van der Waals surface area contributed by atoms with E-state index in [0.29, 0.717) is 19.3 Å². The van der Waals surface area contributed by atoms with Crippen LogP contribution in [0.5, 0.6) is 0 Å². The van der Waals surface area contributed by atoms with Crippen molar-refractivity contribution < 1.29 is 28.6 Å². The van der Waals surface area contributed by atoms with Gasteiger partial charge in [0, 0.05) is 19.3 Å². The normalized spacial score (nSPS) is 12.4. The van der Waals surface area contributed by atoms with Crippen LogP contribution in [0.3, 0.4) is 0 Å². The molecule has 0 amide bonds. The summed E-state index contributed by atoms with van der Waals surface area (Å²) in [5.74, 6) is -0.904. The highest BCUT2D eigenvalue weighted by atomic mass is 16.6. The fourth-order valence-corrected chi connectivity index (χ4v) is 7.15. The van der Waals surface area contributed by atoms with Crippen molar-refractivity contribution in [3.8, 4) is 0 Å². The van der Waals surface area contributed by atoms with Crippen LogP contribution in [-0.2, 0) is 28.6 Å². The maximum atomic E-state index is 12.8. The van der Waals surface area contributed by atoms with Gasteiger partial charge in [0.1, 0.15) is 13.2 Å². The third-order valence-corrected chi connectivity index (χ3v) is 11.1. The average Bonchev–Trinajstić information content (AvgIpc) is 3.24. The molecule has 0 bridgehead atoms. The maximum absolute atomic E-state index is 12.8. The topological polar surface area (TPSA) is 78.9 Å². The smallest absolute Gasteiger partial charge is 0.306 e. The maximum Gasteiger partial charge on any atom is 0.306 e. The van der Waals surface area contributed by atoms with Crippen molar-refractivity contribution in [1.82, 2.24) is 0 Å². The summed E-state index contributed by atoms with van der Waals surface area (Å²) >= 11 is 0. The minimum Gasteiger partial charge on any atom is -0.462 e. The molecular weight excluding hydrogens is 745 g/mol. The third kappa shape index (κ3) is 46.4. The second-order valence-corrected chi connectivity index (χ2v) is 17.1. The highest BCUT2D eigenvalue weighted by molar-refractivity contribution is 5.71. The van der Waals surface area contributed by atoms with Crippen molar-refractivity contribution in [2.24, 2.45) is 0 Å². The van der Waals surface area contributed by atoms with Crippen LogP contribution < -0.4 is 0 Å². The van der Waals surface area contributed by atoms with Gasteiger partial charge in [-0.1, -0.05) is 204 Å². The molecule has 0 saturated carbocycles. The Bertz CT molecular complexity index is 1060. The van der Waals surface area contributed by atoms with Crippen molar-refractivity contribution in [1.29, 1.82) is 0 Å². The fraction of sp³-hybridized carbons (Fsp3) is 0.796. The number of unbranched alkanes of at least 4 members (excludes halogenated alkanes) is 27. The number of hydrogen-bond donors (Lipinski definition) is 0. The van der Waals surface area contributed by atoms with Gasteiger partial charge in [0.2, 0.25) is 0 Å². The molecule has 0 saturated heterocycles. The molecule has 0 aromatic rings. The van der Waals surface area contributed by atoms with E-state index in [9.17, 15) is 14.4 Å². The van der Waals surface area contributed by atoms with Crippen LogP contribution in [0.15, 0.2) is 48.6 Å². The highest BCUT2D eigenvalue weighted by Crippen LogP contribution is 2.15. The van der Waals surface area contributed by atoms with Gasteiger partial charge >= 0.3 is 17.9 Å². The van der Waals surface area contributed by atoms with Crippen molar-refractivity contribution in [3.05, 3.63) is 48.6 Å². The first-order valence-corrected chi connectivity index (χ1v) is 25.6. The Hall–Kier alpha value is -2.63. The molecule has 348 valence electrons. The van der Waals surface area contributed by atoms with E-state index >= 15 is 0 Å². The molecule has 0 aliphatic rings. The molecule has 1 atom stereocenters. The van der Waals surface area contributed by atoms with Crippen molar-refractivity contribution in [2.45, 2.75) is 264 Å². The molecule has 0 aromatic carbocycles. The van der Waals surface area contributed by atoms with Gasteiger partial charge in [-0.05, 0) is 83.5 Å². The van der Waals surface area contributed by atoms with E-state index in [2.05, 4.69) is 69.4 Å². The standard InChI is InChI=1S/C54H96O6/c1-4-7-10-13-16-19-22-25-27-29-32-35-38-41-44-47-53(56)59-50-51(49-58-52(55)46-43-40-37-34-31-24-21-18-15-12-9-6-3)60-54(57)48-45-42-39-36-33-30-28-26-23-20-17-14-11-8-5-2/h16-17,19-20,25-28,51H,4-15,18,21-24,29-50H2,1-3H3/b19-16-,20-17-,27-25-,28-26-/t51-/m1/s1. The number of carbonyl (C=O) groups excluding carboxylic acids is 3. The Morgan fingerprint density at radius 1 is 0.333 bits per heavy atom. The first-order valence-electron chi connectivity index (χ1n) is 25.6. The van der Waals surface area contributed by atoms with E-state index in [1.165, 1.54) is 116 Å². The van der Waals surface area contributed by atoms with E-state index in [1.54, 1.807) is 0 Å². The zero-order valence-corrected chi connectivity index (χ0v) is 39.7. The highest BCUT2D eigenvalue weighted by Gasteiger charge is 2.19. The van der Waals surface area contributed by atoms with Gasteiger partial charge in [-0.3, -0.25) is 14.4 Å². The van der Waals surface area contributed by atoms with Gasteiger partial charge < -0.3 is 14.2 Å². The van der Waals surface area contributed by atoms with Gasteiger partial charge in [0.25, 0.3) is 0 Å². The second-order valence-electron chi connectivity index (χ2n) is 17.1. The van der Waals surface area contributed by atoms with Crippen molar-refractivity contribution in [2.75, 3.05) is 13.2 Å². The minimum absolute atomic E-state index is 0.0814. The molecule has 0 aromatic heterocycles. The average molecular weight is 841 g/mol. The van der Waals surface area contributed by atoms with Crippen LogP contribution in [0.25, 0.3) is 0 Å². The molecule has 0 radical (unpaired) electrons. The first kappa shape index (κ1) is 57.4. The summed E-state index contributed by atoms with van der Waals surface area (Å²) in [4.78, 5) is 37.9. The Balaban J connectivity index is 4.41. The summed E-state index contributed by atoms with van der Waals surface area (Å²) in [5, 5.41) is 0. The van der Waals surface area contributed by atoms with Gasteiger partial charge in [-0.2, -0.15) is 0 Å². The molecule has 0 N–H and O–H groups in total. The number of ether oxygens (including phenoxy) is 3. The van der Waals surface area contributed by atoms with Crippen LogP contribution in [0.4, 0.5) is 0 Å². The lowest BCUT2D eigenvalue weighted by atomic mass is 10.0. The van der Waals surface area contributed by atoms with Crippen molar-refractivity contribution in [3.63, 3.8) is 0 Å². The number of allylic oxidation sites excluding steroid dienone is 8. The van der Waals surface area contributed by atoms with E-state index in [0.717, 1.165) is 103 Å². The molecule has 0 aliphatic carbocycles. The lowest BCUT2D eigenvalue weighted by molar-refractivity contribution is -0.167. The van der Waals surface area contributed by atoms with Crippen LogP contribution in [-0.4, -0.2) is 37.2 Å². The zero-order valence-electron chi connectivity index (χ0n) is 39.7. The Labute approximate surface area is 371 Å². The van der Waals surface area contributed by atoms with E-state index in [1.807, 2.05) is 0 Å². The number of rotatable bonds is 46. The predicted octanol–water partition coefficient (Wildman–Crippen LogP) is 16.7. The molecule has 0 aliphatic heterocycles. The number of hydrogen-bond acceptors (Lipinski definition) is 6. The van der Waals surface area contributed by atoms with Gasteiger partial charge in [0.05, 0.1) is 0 Å². The third-order valence-electron chi connectivity index (χ3n) is 11.1. The number of esters is 3. The molecule has 60 heavy (non-hydrogen) atoms. The molecule has 0 heterocycles. The lowest BCUT2D eigenvalue weighted by Gasteiger charge is -2.18. The summed E-state index contributed by atoms with van der Waals surface area (Å²) < 4.78 is 16.8.